The number of likely N-dealkylation sites (tertiary alicyclic amines) is 1. The fraction of sp³-hybridized carbons (Fsp3) is 0.412. The zero-order chi connectivity index (χ0) is 17.7. The number of imidazole rings is 1. The van der Waals surface area contributed by atoms with Gasteiger partial charge in [0.1, 0.15) is 0 Å². The number of pyridine rings is 1. The molecule has 3 aromatic heterocycles. The SMILES string of the molecule is Cc1cc(C(=O)N2CCC(n3c(=O)n(C)c4cccnc43)C2)nn1C. The molecular weight excluding hydrogens is 320 g/mol. The smallest absolute Gasteiger partial charge is 0.330 e. The summed E-state index contributed by atoms with van der Waals surface area (Å²) in [6.07, 6.45) is 2.42. The van der Waals surface area contributed by atoms with Crippen molar-refractivity contribution in [2.75, 3.05) is 13.1 Å². The maximum atomic E-state index is 12.7. The van der Waals surface area contributed by atoms with Crippen LogP contribution in [-0.4, -0.2) is 47.8 Å². The summed E-state index contributed by atoms with van der Waals surface area (Å²) in [6.45, 7) is 3.01. The number of carbonyl (C=O) groups is 1. The first-order valence-corrected chi connectivity index (χ1v) is 8.29. The van der Waals surface area contributed by atoms with Crippen molar-refractivity contribution in [3.05, 3.63) is 46.3 Å². The molecule has 1 aliphatic heterocycles. The lowest BCUT2D eigenvalue weighted by molar-refractivity contribution is 0.0781. The number of aromatic nitrogens is 5. The average Bonchev–Trinajstić information content (AvgIpc) is 3.27. The lowest BCUT2D eigenvalue weighted by atomic mass is 10.2. The summed E-state index contributed by atoms with van der Waals surface area (Å²) in [5.41, 5.74) is 2.76. The third-order valence-electron chi connectivity index (χ3n) is 5.00. The van der Waals surface area contributed by atoms with Gasteiger partial charge in [0.25, 0.3) is 5.91 Å². The van der Waals surface area contributed by atoms with Crippen molar-refractivity contribution < 1.29 is 4.79 Å². The van der Waals surface area contributed by atoms with Gasteiger partial charge in [-0.3, -0.25) is 18.6 Å². The van der Waals surface area contributed by atoms with Gasteiger partial charge in [0.15, 0.2) is 11.3 Å². The summed E-state index contributed by atoms with van der Waals surface area (Å²) in [4.78, 5) is 31.5. The zero-order valence-electron chi connectivity index (χ0n) is 14.5. The van der Waals surface area contributed by atoms with E-state index >= 15 is 0 Å². The second-order valence-electron chi connectivity index (χ2n) is 6.55. The van der Waals surface area contributed by atoms with E-state index in [9.17, 15) is 9.59 Å². The van der Waals surface area contributed by atoms with Crippen LogP contribution in [0.15, 0.2) is 29.2 Å². The Kier molecular flexibility index (Phi) is 3.48. The number of hydrogen-bond acceptors (Lipinski definition) is 4. The molecule has 4 rings (SSSR count). The molecule has 1 atom stereocenters. The van der Waals surface area contributed by atoms with Crippen molar-refractivity contribution in [2.45, 2.75) is 19.4 Å². The minimum atomic E-state index is -0.0957. The van der Waals surface area contributed by atoms with Gasteiger partial charge in [0, 0.05) is 39.1 Å². The van der Waals surface area contributed by atoms with Crippen LogP contribution in [0, 0.1) is 6.92 Å². The number of aryl methyl sites for hydroxylation is 3. The van der Waals surface area contributed by atoms with Crippen LogP contribution >= 0.6 is 0 Å². The van der Waals surface area contributed by atoms with Gasteiger partial charge in [-0.25, -0.2) is 9.78 Å². The monoisotopic (exact) mass is 340 g/mol. The first kappa shape index (κ1) is 15.6. The second kappa shape index (κ2) is 5.58. The quantitative estimate of drug-likeness (QED) is 0.693. The molecule has 0 bridgehead atoms. The van der Waals surface area contributed by atoms with Crippen molar-refractivity contribution in [2.24, 2.45) is 14.1 Å². The molecule has 0 radical (unpaired) electrons. The number of hydrogen-bond donors (Lipinski definition) is 0. The largest absolute Gasteiger partial charge is 0.335 e. The van der Waals surface area contributed by atoms with E-state index in [-0.39, 0.29) is 17.6 Å². The van der Waals surface area contributed by atoms with Crippen LogP contribution in [0.4, 0.5) is 0 Å². The number of carbonyl (C=O) groups excluding carboxylic acids is 1. The van der Waals surface area contributed by atoms with Crippen molar-refractivity contribution in [3.8, 4) is 0 Å². The van der Waals surface area contributed by atoms with E-state index in [1.54, 1.807) is 38.0 Å². The van der Waals surface area contributed by atoms with Gasteiger partial charge in [-0.2, -0.15) is 5.10 Å². The molecule has 25 heavy (non-hydrogen) atoms. The molecule has 0 aromatic carbocycles. The van der Waals surface area contributed by atoms with Gasteiger partial charge in [0.05, 0.1) is 11.6 Å². The summed E-state index contributed by atoms with van der Waals surface area (Å²) >= 11 is 0. The van der Waals surface area contributed by atoms with E-state index in [2.05, 4.69) is 10.1 Å². The Labute approximate surface area is 144 Å². The molecule has 3 aromatic rings. The molecule has 1 saturated heterocycles. The minimum absolute atomic E-state index is 0.0696. The van der Waals surface area contributed by atoms with Gasteiger partial charge in [0.2, 0.25) is 0 Å². The molecule has 1 amide bonds. The number of fused-ring (bicyclic) bond motifs is 1. The summed E-state index contributed by atoms with van der Waals surface area (Å²) in [5, 5.41) is 4.26. The molecule has 1 fully saturated rings. The van der Waals surface area contributed by atoms with Crippen LogP contribution in [0.3, 0.4) is 0 Å². The van der Waals surface area contributed by atoms with Crippen molar-refractivity contribution in [3.63, 3.8) is 0 Å². The van der Waals surface area contributed by atoms with Crippen LogP contribution in [0.5, 0.6) is 0 Å². The van der Waals surface area contributed by atoms with Gasteiger partial charge < -0.3 is 4.90 Å². The summed E-state index contributed by atoms with van der Waals surface area (Å²) in [7, 11) is 3.57. The molecule has 0 aliphatic carbocycles. The maximum Gasteiger partial charge on any atom is 0.330 e. The third-order valence-corrected chi connectivity index (χ3v) is 5.00. The summed E-state index contributed by atoms with van der Waals surface area (Å²) in [6, 6.07) is 5.43. The minimum Gasteiger partial charge on any atom is -0.335 e. The Hall–Kier alpha value is -2.90. The normalized spacial score (nSPS) is 17.6. The lowest BCUT2D eigenvalue weighted by Crippen LogP contribution is -2.32. The predicted molar refractivity (Wildman–Crippen MR) is 92.5 cm³/mol. The molecular formula is C17H20N6O2. The molecule has 0 saturated carbocycles. The van der Waals surface area contributed by atoms with E-state index in [4.69, 9.17) is 0 Å². The fourth-order valence-corrected chi connectivity index (χ4v) is 3.48. The van der Waals surface area contributed by atoms with Crippen LogP contribution in [0.2, 0.25) is 0 Å². The van der Waals surface area contributed by atoms with Crippen molar-refractivity contribution in [1.82, 2.24) is 28.8 Å². The summed E-state index contributed by atoms with van der Waals surface area (Å²) < 4.78 is 5.02. The Morgan fingerprint density at radius 2 is 2.12 bits per heavy atom. The fourth-order valence-electron chi connectivity index (χ4n) is 3.48. The zero-order valence-corrected chi connectivity index (χ0v) is 14.5. The van der Waals surface area contributed by atoms with Crippen LogP contribution in [-0.2, 0) is 14.1 Å². The Bertz CT molecular complexity index is 1010. The van der Waals surface area contributed by atoms with Crippen LogP contribution in [0.25, 0.3) is 11.2 Å². The standard InChI is InChI=1S/C17H20N6O2/c1-11-9-13(19-21(11)3)16(24)22-8-6-12(10-22)23-15-14(5-4-7-18-15)20(2)17(23)25/h4-5,7,9,12H,6,8,10H2,1-3H3. The average molecular weight is 340 g/mol. The van der Waals surface area contributed by atoms with Gasteiger partial charge in [-0.05, 0) is 31.5 Å². The number of amides is 1. The first-order valence-electron chi connectivity index (χ1n) is 8.29. The highest BCUT2D eigenvalue weighted by molar-refractivity contribution is 5.92. The van der Waals surface area contributed by atoms with Gasteiger partial charge >= 0.3 is 5.69 Å². The van der Waals surface area contributed by atoms with Crippen molar-refractivity contribution >= 4 is 17.1 Å². The highest BCUT2D eigenvalue weighted by Gasteiger charge is 2.31. The number of rotatable bonds is 2. The maximum absolute atomic E-state index is 12.7. The van der Waals surface area contributed by atoms with Gasteiger partial charge in [-0.1, -0.05) is 0 Å². The highest BCUT2D eigenvalue weighted by atomic mass is 16.2. The second-order valence-corrected chi connectivity index (χ2v) is 6.55. The predicted octanol–water partition coefficient (Wildman–Crippen LogP) is 0.864. The van der Waals surface area contributed by atoms with Crippen molar-refractivity contribution in [1.29, 1.82) is 0 Å². The Morgan fingerprint density at radius 3 is 2.84 bits per heavy atom. The van der Waals surface area contributed by atoms with Gasteiger partial charge in [-0.15, -0.1) is 0 Å². The van der Waals surface area contributed by atoms with E-state index in [0.29, 0.717) is 24.4 Å². The van der Waals surface area contributed by atoms with E-state index in [1.165, 1.54) is 0 Å². The third kappa shape index (κ3) is 2.36. The van der Waals surface area contributed by atoms with E-state index < -0.39 is 0 Å². The van der Waals surface area contributed by atoms with Crippen LogP contribution < -0.4 is 5.69 Å². The first-order chi connectivity index (χ1) is 12.0. The lowest BCUT2D eigenvalue weighted by Gasteiger charge is -2.15. The molecule has 8 nitrogen and oxygen atoms in total. The number of nitrogens with zero attached hydrogens (tertiary/aromatic N) is 6. The van der Waals surface area contributed by atoms with E-state index in [0.717, 1.165) is 17.6 Å². The molecule has 1 unspecified atom stereocenters. The molecule has 0 spiro atoms. The topological polar surface area (TPSA) is 78.0 Å². The Balaban J connectivity index is 1.64. The summed E-state index contributed by atoms with van der Waals surface area (Å²) in [5.74, 6) is -0.0903. The molecule has 1 aliphatic rings. The van der Waals surface area contributed by atoms with E-state index in [1.807, 2.05) is 26.1 Å². The highest BCUT2D eigenvalue weighted by Crippen LogP contribution is 2.25. The Morgan fingerprint density at radius 1 is 1.32 bits per heavy atom. The molecule has 130 valence electrons. The van der Waals surface area contributed by atoms with Crippen LogP contribution in [0.1, 0.15) is 28.6 Å². The molecule has 4 heterocycles. The molecule has 0 N–H and O–H groups in total. The molecule has 8 heteroatoms.